The van der Waals surface area contributed by atoms with E-state index in [1.807, 2.05) is 11.8 Å². The second-order valence-corrected chi connectivity index (χ2v) is 3.84. The van der Waals surface area contributed by atoms with Crippen molar-refractivity contribution < 1.29 is 0 Å². The minimum atomic E-state index is 0.382. The molecule has 0 amide bonds. The van der Waals surface area contributed by atoms with Crippen molar-refractivity contribution in [2.45, 2.75) is 13.3 Å². The topological polar surface area (TPSA) is 108 Å². The van der Waals surface area contributed by atoms with E-state index in [0.29, 0.717) is 37.4 Å². The van der Waals surface area contributed by atoms with E-state index in [1.165, 1.54) is 17.3 Å². The zero-order chi connectivity index (χ0) is 14.4. The fraction of sp³-hybridized carbons (Fsp3) is 0.455. The third kappa shape index (κ3) is 2.97. The van der Waals surface area contributed by atoms with Crippen molar-refractivity contribution in [1.82, 2.24) is 29.7 Å². The number of rotatable bonds is 6. The molecule has 2 heterocycles. The van der Waals surface area contributed by atoms with Crippen molar-refractivity contribution in [3.8, 4) is 12.0 Å². The maximum absolute atomic E-state index is 8.70. The zero-order valence-corrected chi connectivity index (χ0v) is 11.4. The van der Waals surface area contributed by atoms with Gasteiger partial charge in [-0.3, -0.25) is 0 Å². The van der Waals surface area contributed by atoms with E-state index in [0.717, 1.165) is 0 Å². The molecule has 0 aliphatic heterocycles. The van der Waals surface area contributed by atoms with Crippen LogP contribution in [0.25, 0.3) is 5.95 Å². The quantitative estimate of drug-likeness (QED) is 0.797. The molecule has 0 aliphatic rings. The van der Waals surface area contributed by atoms with Gasteiger partial charge in [-0.2, -0.15) is 30.0 Å². The lowest BCUT2D eigenvalue weighted by Crippen LogP contribution is -2.27. The normalized spacial score (nSPS) is 10.1. The molecule has 0 aromatic carbocycles. The molecule has 0 unspecified atom stereocenters. The molecule has 0 aliphatic carbocycles. The largest absolute Gasteiger partial charge is 0.357 e. The predicted molar refractivity (Wildman–Crippen MR) is 72.4 cm³/mol. The second-order valence-electron chi connectivity index (χ2n) is 3.84. The molecule has 0 saturated heterocycles. The average Bonchev–Trinajstić information content (AvgIpc) is 3.02. The van der Waals surface area contributed by atoms with Crippen LogP contribution in [-0.2, 0) is 0 Å². The van der Waals surface area contributed by atoms with Crippen LogP contribution in [0.15, 0.2) is 12.7 Å². The summed E-state index contributed by atoms with van der Waals surface area (Å²) >= 11 is 0. The number of aromatic nitrogens is 6. The molecule has 0 spiro atoms. The van der Waals surface area contributed by atoms with Gasteiger partial charge in [0.25, 0.3) is 5.95 Å². The maximum Gasteiger partial charge on any atom is 0.258 e. The number of nitrogens with zero attached hydrogens (tertiary/aromatic N) is 8. The number of nitriles is 1. The molecule has 9 nitrogen and oxygen atoms in total. The van der Waals surface area contributed by atoms with Gasteiger partial charge in [-0.1, -0.05) is 0 Å². The third-order valence-corrected chi connectivity index (χ3v) is 2.62. The van der Waals surface area contributed by atoms with E-state index in [9.17, 15) is 0 Å². The highest BCUT2D eigenvalue weighted by Crippen LogP contribution is 2.12. The summed E-state index contributed by atoms with van der Waals surface area (Å²) in [5, 5.41) is 15.6. The van der Waals surface area contributed by atoms with E-state index in [4.69, 9.17) is 5.26 Å². The Morgan fingerprint density at radius 3 is 2.85 bits per heavy atom. The summed E-state index contributed by atoms with van der Waals surface area (Å²) < 4.78 is 1.46. The smallest absolute Gasteiger partial charge is 0.258 e. The zero-order valence-electron chi connectivity index (χ0n) is 11.4. The predicted octanol–water partition coefficient (Wildman–Crippen LogP) is 0.234. The number of anilines is 2. The summed E-state index contributed by atoms with van der Waals surface area (Å²) in [5.74, 6) is 1.33. The molecule has 1 N–H and O–H groups in total. The number of nitrogens with one attached hydrogen (secondary N) is 1. The van der Waals surface area contributed by atoms with Gasteiger partial charge in [-0.15, -0.1) is 0 Å². The summed E-state index contributed by atoms with van der Waals surface area (Å²) in [6.07, 6.45) is 3.34. The Labute approximate surface area is 116 Å². The van der Waals surface area contributed by atoms with Gasteiger partial charge >= 0.3 is 0 Å². The van der Waals surface area contributed by atoms with Gasteiger partial charge in [-0.05, 0) is 6.92 Å². The molecule has 2 aromatic heterocycles. The molecule has 0 bridgehead atoms. The van der Waals surface area contributed by atoms with Gasteiger partial charge in [0.15, 0.2) is 0 Å². The Morgan fingerprint density at radius 2 is 2.25 bits per heavy atom. The lowest BCUT2D eigenvalue weighted by Gasteiger charge is -2.19. The Bertz CT molecular complexity index is 586. The van der Waals surface area contributed by atoms with E-state index in [2.05, 4.69) is 36.4 Å². The molecule has 0 atom stereocenters. The third-order valence-electron chi connectivity index (χ3n) is 2.62. The summed E-state index contributed by atoms with van der Waals surface area (Å²) in [6, 6.07) is 2.12. The average molecular weight is 273 g/mol. The van der Waals surface area contributed by atoms with Gasteiger partial charge in [0, 0.05) is 20.1 Å². The fourth-order valence-corrected chi connectivity index (χ4v) is 1.61. The van der Waals surface area contributed by atoms with Crippen molar-refractivity contribution in [3.63, 3.8) is 0 Å². The Balaban J connectivity index is 2.37. The van der Waals surface area contributed by atoms with E-state index >= 15 is 0 Å². The van der Waals surface area contributed by atoms with Gasteiger partial charge in [0.05, 0.1) is 12.5 Å². The van der Waals surface area contributed by atoms with Crippen molar-refractivity contribution >= 4 is 11.9 Å². The standard InChI is InChI=1S/C11H15N9/c1-3-19(6-4-5-12)10-16-9(13-2)17-11(18-10)20-8-14-7-15-20/h7-8H,3-4,6H2,1-2H3,(H,13,16,17,18). The maximum atomic E-state index is 8.70. The van der Waals surface area contributed by atoms with Crippen molar-refractivity contribution in [2.24, 2.45) is 0 Å². The molecular formula is C11H15N9. The van der Waals surface area contributed by atoms with Crippen LogP contribution in [0.3, 0.4) is 0 Å². The molecule has 0 radical (unpaired) electrons. The number of hydrogen-bond acceptors (Lipinski definition) is 8. The van der Waals surface area contributed by atoms with Crippen LogP contribution in [0.4, 0.5) is 11.9 Å². The van der Waals surface area contributed by atoms with E-state index in [1.54, 1.807) is 7.05 Å². The van der Waals surface area contributed by atoms with Gasteiger partial charge < -0.3 is 10.2 Å². The van der Waals surface area contributed by atoms with Gasteiger partial charge in [-0.25, -0.2) is 4.98 Å². The summed E-state index contributed by atoms with van der Waals surface area (Å²) in [6.45, 7) is 3.25. The SMILES string of the molecule is CCN(CCC#N)c1nc(NC)nc(-n2cncn2)n1. The Kier molecular flexibility index (Phi) is 4.39. The Hall–Kier alpha value is -2.76. The molecule has 2 aromatic rings. The molecule has 20 heavy (non-hydrogen) atoms. The molecule has 9 heteroatoms. The van der Waals surface area contributed by atoms with Crippen LogP contribution in [-0.4, -0.2) is 49.9 Å². The molecule has 104 valence electrons. The van der Waals surface area contributed by atoms with Crippen molar-refractivity contribution in [3.05, 3.63) is 12.7 Å². The van der Waals surface area contributed by atoms with Gasteiger partial charge in [0.2, 0.25) is 11.9 Å². The first-order valence-corrected chi connectivity index (χ1v) is 6.19. The van der Waals surface area contributed by atoms with Crippen LogP contribution in [0.5, 0.6) is 0 Å². The van der Waals surface area contributed by atoms with Crippen molar-refractivity contribution in [2.75, 3.05) is 30.4 Å². The van der Waals surface area contributed by atoms with Crippen LogP contribution in [0.1, 0.15) is 13.3 Å². The summed E-state index contributed by atoms with van der Waals surface area (Å²) in [5.41, 5.74) is 0. The molecule has 0 saturated carbocycles. The highest BCUT2D eigenvalue weighted by Gasteiger charge is 2.13. The molecular weight excluding hydrogens is 258 g/mol. The monoisotopic (exact) mass is 273 g/mol. The first-order chi connectivity index (χ1) is 9.78. The molecule has 2 rings (SSSR count). The number of hydrogen-bond donors (Lipinski definition) is 1. The minimum Gasteiger partial charge on any atom is -0.357 e. The first-order valence-electron chi connectivity index (χ1n) is 6.19. The first kappa shape index (κ1) is 13.7. The van der Waals surface area contributed by atoms with Gasteiger partial charge in [0.1, 0.15) is 12.7 Å². The lowest BCUT2D eigenvalue weighted by atomic mass is 10.4. The van der Waals surface area contributed by atoms with Crippen LogP contribution in [0, 0.1) is 11.3 Å². The van der Waals surface area contributed by atoms with Crippen LogP contribution in [0.2, 0.25) is 0 Å². The fourth-order valence-electron chi connectivity index (χ4n) is 1.61. The highest BCUT2D eigenvalue weighted by molar-refractivity contribution is 5.39. The summed E-state index contributed by atoms with van der Waals surface area (Å²) in [4.78, 5) is 18.7. The van der Waals surface area contributed by atoms with Crippen LogP contribution >= 0.6 is 0 Å². The molecule has 0 fully saturated rings. The second kappa shape index (κ2) is 6.42. The van der Waals surface area contributed by atoms with E-state index in [-0.39, 0.29) is 0 Å². The van der Waals surface area contributed by atoms with Crippen LogP contribution < -0.4 is 10.2 Å². The lowest BCUT2D eigenvalue weighted by molar-refractivity contribution is 0.750. The Morgan fingerprint density at radius 1 is 1.40 bits per heavy atom. The van der Waals surface area contributed by atoms with Crippen molar-refractivity contribution in [1.29, 1.82) is 5.26 Å². The van der Waals surface area contributed by atoms with E-state index < -0.39 is 0 Å². The highest BCUT2D eigenvalue weighted by atomic mass is 15.4. The minimum absolute atomic E-state index is 0.382. The summed E-state index contributed by atoms with van der Waals surface area (Å²) in [7, 11) is 1.73.